The molecule has 12 heteroatoms. The predicted molar refractivity (Wildman–Crippen MR) is 176 cm³/mol. The summed E-state index contributed by atoms with van der Waals surface area (Å²) in [5, 5.41) is 11.5. The second-order valence-electron chi connectivity index (χ2n) is 9.68. The number of likely N-dealkylation sites (N-methyl/N-ethyl adjacent to an activating group) is 1. The van der Waals surface area contributed by atoms with Gasteiger partial charge in [0.2, 0.25) is 5.91 Å². The van der Waals surface area contributed by atoms with Gasteiger partial charge in [-0.15, -0.1) is 0 Å². The van der Waals surface area contributed by atoms with Gasteiger partial charge >= 0.3 is 6.03 Å². The number of carbonyl (C=O) groups is 2. The van der Waals surface area contributed by atoms with E-state index in [1.165, 1.54) is 0 Å². The van der Waals surface area contributed by atoms with E-state index in [9.17, 15) is 9.59 Å². The van der Waals surface area contributed by atoms with Crippen LogP contribution < -0.4 is 21.3 Å². The van der Waals surface area contributed by atoms with Crippen molar-refractivity contribution in [1.82, 2.24) is 21.3 Å². The van der Waals surface area contributed by atoms with E-state index < -0.39 is 0 Å². The van der Waals surface area contributed by atoms with Crippen LogP contribution in [0.4, 0.5) is 4.79 Å². The molecule has 43 heavy (non-hydrogen) atoms. The summed E-state index contributed by atoms with van der Waals surface area (Å²) in [6, 6.07) is 7.81. The SMILES string of the molecule is CCC(C)C#CCNC(=O)NCCCCOC(C)SSc1ccc(CC(=O)NCCOCCOCCOCCNC)cc1. The van der Waals surface area contributed by atoms with E-state index in [0.717, 1.165) is 36.3 Å². The number of nitrogens with one attached hydrogen (secondary N) is 4. The lowest BCUT2D eigenvalue weighted by molar-refractivity contribution is -0.120. The van der Waals surface area contributed by atoms with Crippen molar-refractivity contribution in [2.24, 2.45) is 5.92 Å². The Hall–Kier alpha value is -1.98. The molecule has 244 valence electrons. The van der Waals surface area contributed by atoms with Crippen molar-refractivity contribution in [1.29, 1.82) is 0 Å². The van der Waals surface area contributed by atoms with Crippen LogP contribution in [0.3, 0.4) is 0 Å². The Morgan fingerprint density at radius 1 is 0.837 bits per heavy atom. The van der Waals surface area contributed by atoms with Gasteiger partial charge in [-0.1, -0.05) is 59.4 Å². The van der Waals surface area contributed by atoms with Crippen LogP contribution in [0.25, 0.3) is 0 Å². The molecule has 0 heterocycles. The zero-order valence-electron chi connectivity index (χ0n) is 26.3. The minimum Gasteiger partial charge on any atom is -0.378 e. The summed E-state index contributed by atoms with van der Waals surface area (Å²) in [5.41, 5.74) is 0.996. The minimum atomic E-state index is -0.188. The average Bonchev–Trinajstić information content (AvgIpc) is 3.01. The Balaban J connectivity index is 2.02. The second-order valence-corrected chi connectivity index (χ2v) is 12.2. The number of amides is 3. The molecule has 0 fully saturated rings. The third-order valence-electron chi connectivity index (χ3n) is 5.88. The topological polar surface area (TPSA) is 119 Å². The fourth-order valence-corrected chi connectivity index (χ4v) is 5.12. The van der Waals surface area contributed by atoms with Gasteiger partial charge in [0, 0.05) is 37.1 Å². The molecule has 3 amide bonds. The van der Waals surface area contributed by atoms with E-state index in [1.54, 1.807) is 21.6 Å². The quantitative estimate of drug-likeness (QED) is 0.0547. The smallest absolute Gasteiger partial charge is 0.315 e. The fourth-order valence-electron chi connectivity index (χ4n) is 3.23. The molecule has 0 saturated carbocycles. The van der Waals surface area contributed by atoms with Gasteiger partial charge in [-0.2, -0.15) is 0 Å². The van der Waals surface area contributed by atoms with Crippen LogP contribution in [0, 0.1) is 17.8 Å². The van der Waals surface area contributed by atoms with Crippen molar-refractivity contribution >= 4 is 33.5 Å². The van der Waals surface area contributed by atoms with Crippen LogP contribution in [0.2, 0.25) is 0 Å². The van der Waals surface area contributed by atoms with Crippen molar-refractivity contribution in [3.8, 4) is 11.8 Å². The largest absolute Gasteiger partial charge is 0.378 e. The number of hydrogen-bond acceptors (Lipinski definition) is 9. The highest BCUT2D eigenvalue weighted by Crippen LogP contribution is 2.34. The highest BCUT2D eigenvalue weighted by Gasteiger charge is 2.07. The van der Waals surface area contributed by atoms with Crippen LogP contribution in [-0.4, -0.2) is 96.8 Å². The molecule has 10 nitrogen and oxygen atoms in total. The Bertz CT molecular complexity index is 914. The highest BCUT2D eigenvalue weighted by molar-refractivity contribution is 8.76. The maximum absolute atomic E-state index is 12.2. The lowest BCUT2D eigenvalue weighted by Crippen LogP contribution is -2.36. The maximum Gasteiger partial charge on any atom is 0.315 e. The van der Waals surface area contributed by atoms with Crippen molar-refractivity contribution in [3.63, 3.8) is 0 Å². The van der Waals surface area contributed by atoms with E-state index in [4.69, 9.17) is 18.9 Å². The molecular formula is C31H52N4O6S2. The summed E-state index contributed by atoms with van der Waals surface area (Å²) in [4.78, 5) is 25.1. The molecule has 4 N–H and O–H groups in total. The first-order chi connectivity index (χ1) is 20.9. The van der Waals surface area contributed by atoms with Crippen LogP contribution >= 0.6 is 21.6 Å². The van der Waals surface area contributed by atoms with Crippen LogP contribution in [0.1, 0.15) is 45.6 Å². The number of ether oxygens (including phenoxy) is 4. The normalized spacial score (nSPS) is 12.2. The fraction of sp³-hybridized carbons (Fsp3) is 0.677. The first-order valence-electron chi connectivity index (χ1n) is 15.1. The highest BCUT2D eigenvalue weighted by atomic mass is 33.1. The van der Waals surface area contributed by atoms with Crippen molar-refractivity contribution in [2.75, 3.05) is 79.5 Å². The van der Waals surface area contributed by atoms with Gasteiger partial charge in [0.15, 0.2) is 0 Å². The van der Waals surface area contributed by atoms with Crippen LogP contribution in [-0.2, 0) is 30.2 Å². The van der Waals surface area contributed by atoms with Gasteiger partial charge in [0.05, 0.1) is 52.6 Å². The molecular weight excluding hydrogens is 588 g/mol. The van der Waals surface area contributed by atoms with Gasteiger partial charge in [-0.3, -0.25) is 4.79 Å². The van der Waals surface area contributed by atoms with E-state index in [-0.39, 0.29) is 17.4 Å². The minimum absolute atomic E-state index is 0.0300. The molecule has 2 atom stereocenters. The van der Waals surface area contributed by atoms with E-state index in [2.05, 4.69) is 47.0 Å². The summed E-state index contributed by atoms with van der Waals surface area (Å²) in [7, 11) is 5.19. The number of carbonyl (C=O) groups excluding carboxylic acids is 2. The molecule has 1 aromatic carbocycles. The number of benzene rings is 1. The van der Waals surface area contributed by atoms with Gasteiger partial charge in [0.1, 0.15) is 5.44 Å². The lowest BCUT2D eigenvalue weighted by Gasteiger charge is -2.12. The molecule has 0 aliphatic rings. The first-order valence-corrected chi connectivity index (χ1v) is 17.3. The molecule has 0 spiro atoms. The molecule has 0 bridgehead atoms. The number of unbranched alkanes of at least 4 members (excludes halogenated alkanes) is 1. The summed E-state index contributed by atoms with van der Waals surface area (Å²) in [6.45, 7) is 12.3. The molecule has 1 rings (SSSR count). The maximum atomic E-state index is 12.2. The zero-order valence-corrected chi connectivity index (χ0v) is 28.0. The Morgan fingerprint density at radius 3 is 2.19 bits per heavy atom. The summed E-state index contributed by atoms with van der Waals surface area (Å²) in [6.07, 6.45) is 3.06. The van der Waals surface area contributed by atoms with Crippen molar-refractivity contribution in [2.45, 2.75) is 56.8 Å². The molecule has 2 unspecified atom stereocenters. The molecule has 0 radical (unpaired) electrons. The Kier molecular flexibility index (Phi) is 25.0. The van der Waals surface area contributed by atoms with Crippen LogP contribution in [0.15, 0.2) is 29.2 Å². The molecule has 0 saturated heterocycles. The van der Waals surface area contributed by atoms with E-state index in [1.807, 2.05) is 38.2 Å². The van der Waals surface area contributed by atoms with E-state index in [0.29, 0.717) is 78.2 Å². The summed E-state index contributed by atoms with van der Waals surface area (Å²) in [5.74, 6) is 6.39. The van der Waals surface area contributed by atoms with Crippen LogP contribution in [0.5, 0.6) is 0 Å². The van der Waals surface area contributed by atoms with Crippen molar-refractivity contribution in [3.05, 3.63) is 29.8 Å². The number of hydrogen-bond donors (Lipinski definition) is 4. The average molecular weight is 641 g/mol. The first kappa shape index (κ1) is 39.0. The second kappa shape index (κ2) is 27.6. The predicted octanol–water partition coefficient (Wildman–Crippen LogP) is 3.85. The Labute approximate surface area is 266 Å². The third-order valence-corrected chi connectivity index (χ3v) is 8.53. The summed E-state index contributed by atoms with van der Waals surface area (Å²) < 4.78 is 22.2. The lowest BCUT2D eigenvalue weighted by atomic mass is 10.1. The van der Waals surface area contributed by atoms with Gasteiger partial charge < -0.3 is 40.2 Å². The third kappa shape index (κ3) is 24.1. The van der Waals surface area contributed by atoms with Crippen molar-refractivity contribution < 1.29 is 28.5 Å². The molecule has 0 aliphatic carbocycles. The molecule has 0 aliphatic heterocycles. The van der Waals surface area contributed by atoms with Gasteiger partial charge in [-0.05, 0) is 50.9 Å². The number of urea groups is 1. The van der Waals surface area contributed by atoms with Gasteiger partial charge in [0.25, 0.3) is 0 Å². The number of rotatable bonds is 25. The standard InChI is InChI=1S/C31H52N4O6S2/c1-5-26(2)9-8-15-35-31(37)34-14-6-7-18-41-27(3)42-43-29-12-10-28(11-13-29)25-30(36)33-17-20-39-22-24-40-23-21-38-19-16-32-4/h10-13,26-27,32H,5-7,14-25H2,1-4H3,(H,33,36)(H2,34,35,37). The van der Waals surface area contributed by atoms with Gasteiger partial charge in [-0.25, -0.2) is 4.79 Å². The monoisotopic (exact) mass is 640 g/mol. The van der Waals surface area contributed by atoms with E-state index >= 15 is 0 Å². The molecule has 0 aromatic heterocycles. The summed E-state index contributed by atoms with van der Waals surface area (Å²) >= 11 is 0. The Morgan fingerprint density at radius 2 is 1.51 bits per heavy atom. The zero-order chi connectivity index (χ0) is 31.4. The molecule has 1 aromatic rings.